The van der Waals surface area contributed by atoms with Crippen molar-refractivity contribution in [3.05, 3.63) is 30.3 Å². The first-order valence-electron chi connectivity index (χ1n) is 5.86. The first-order valence-corrected chi connectivity index (χ1v) is 5.86. The highest BCUT2D eigenvalue weighted by Gasteiger charge is 2.09. The van der Waals surface area contributed by atoms with Crippen LogP contribution in [0.1, 0.15) is 6.92 Å². The molecule has 1 aromatic carbocycles. The lowest BCUT2D eigenvalue weighted by molar-refractivity contribution is -0.122. The van der Waals surface area contributed by atoms with Gasteiger partial charge in [0.05, 0.1) is 6.04 Å². The molecule has 1 rings (SSSR count). The molecule has 1 unspecified atom stereocenters. The van der Waals surface area contributed by atoms with Crippen LogP contribution in [-0.2, 0) is 4.79 Å². The van der Waals surface area contributed by atoms with Crippen molar-refractivity contribution < 1.29 is 4.79 Å². The molecule has 0 fully saturated rings. The molecule has 0 radical (unpaired) electrons. The molecule has 4 heteroatoms. The Hall–Kier alpha value is -1.55. The largest absolute Gasteiger partial charge is 0.373 e. The van der Waals surface area contributed by atoms with Crippen molar-refractivity contribution in [2.75, 3.05) is 32.1 Å². The fourth-order valence-corrected chi connectivity index (χ4v) is 1.44. The Kier molecular flexibility index (Phi) is 5.49. The highest BCUT2D eigenvalue weighted by atomic mass is 16.2. The van der Waals surface area contributed by atoms with Crippen molar-refractivity contribution in [1.82, 2.24) is 10.6 Å². The molecule has 0 saturated carbocycles. The smallest absolute Gasteiger partial charge is 0.236 e. The fraction of sp³-hybridized carbons (Fsp3) is 0.462. The van der Waals surface area contributed by atoms with E-state index in [1.807, 2.05) is 32.2 Å². The van der Waals surface area contributed by atoms with E-state index < -0.39 is 0 Å². The summed E-state index contributed by atoms with van der Waals surface area (Å²) in [5, 5.41) is 5.80. The van der Waals surface area contributed by atoms with Crippen LogP contribution in [0.2, 0.25) is 0 Å². The summed E-state index contributed by atoms with van der Waals surface area (Å²) in [4.78, 5) is 13.6. The number of anilines is 1. The van der Waals surface area contributed by atoms with E-state index in [-0.39, 0.29) is 11.9 Å². The van der Waals surface area contributed by atoms with Gasteiger partial charge >= 0.3 is 0 Å². The van der Waals surface area contributed by atoms with E-state index in [0.717, 1.165) is 12.2 Å². The summed E-state index contributed by atoms with van der Waals surface area (Å²) in [7, 11) is 3.79. The number of likely N-dealkylation sites (N-methyl/N-ethyl adjacent to an activating group) is 2. The van der Waals surface area contributed by atoms with Gasteiger partial charge in [0, 0.05) is 25.8 Å². The minimum atomic E-state index is -0.142. The molecule has 4 nitrogen and oxygen atoms in total. The van der Waals surface area contributed by atoms with Gasteiger partial charge in [0.1, 0.15) is 0 Å². The predicted octanol–water partition coefficient (Wildman–Crippen LogP) is 0.847. The SMILES string of the molecule is CNC(C)C(=O)NCCN(C)c1ccccc1. The van der Waals surface area contributed by atoms with Gasteiger partial charge < -0.3 is 15.5 Å². The average molecular weight is 235 g/mol. The summed E-state index contributed by atoms with van der Waals surface area (Å²) >= 11 is 0. The Morgan fingerprint density at radius 2 is 2.00 bits per heavy atom. The van der Waals surface area contributed by atoms with Crippen LogP contribution in [0.5, 0.6) is 0 Å². The molecule has 1 atom stereocenters. The predicted molar refractivity (Wildman–Crippen MR) is 71.2 cm³/mol. The number of carbonyl (C=O) groups excluding carboxylic acids is 1. The summed E-state index contributed by atoms with van der Waals surface area (Å²) in [6, 6.07) is 9.97. The number of para-hydroxylation sites is 1. The summed E-state index contributed by atoms with van der Waals surface area (Å²) in [5.41, 5.74) is 1.16. The Balaban J connectivity index is 2.30. The van der Waals surface area contributed by atoms with Gasteiger partial charge in [-0.15, -0.1) is 0 Å². The van der Waals surface area contributed by atoms with E-state index in [2.05, 4.69) is 27.7 Å². The molecule has 0 heterocycles. The van der Waals surface area contributed by atoms with Gasteiger partial charge in [-0.1, -0.05) is 18.2 Å². The van der Waals surface area contributed by atoms with Gasteiger partial charge in [0.2, 0.25) is 5.91 Å². The number of carbonyl (C=O) groups is 1. The lowest BCUT2D eigenvalue weighted by Gasteiger charge is -2.20. The number of benzene rings is 1. The van der Waals surface area contributed by atoms with Crippen molar-refractivity contribution >= 4 is 11.6 Å². The average Bonchev–Trinajstić information content (AvgIpc) is 2.38. The van der Waals surface area contributed by atoms with Gasteiger partial charge in [0.15, 0.2) is 0 Å². The Morgan fingerprint density at radius 1 is 1.35 bits per heavy atom. The normalized spacial score (nSPS) is 11.9. The summed E-state index contributed by atoms with van der Waals surface area (Å²) < 4.78 is 0. The lowest BCUT2D eigenvalue weighted by Crippen LogP contribution is -2.43. The van der Waals surface area contributed by atoms with Crippen molar-refractivity contribution in [2.24, 2.45) is 0 Å². The summed E-state index contributed by atoms with van der Waals surface area (Å²) in [6.45, 7) is 3.29. The molecule has 94 valence electrons. The zero-order valence-corrected chi connectivity index (χ0v) is 10.7. The minimum absolute atomic E-state index is 0.0361. The molecule has 0 spiro atoms. The van der Waals surface area contributed by atoms with Gasteiger partial charge in [-0.25, -0.2) is 0 Å². The topological polar surface area (TPSA) is 44.4 Å². The maximum Gasteiger partial charge on any atom is 0.236 e. The Morgan fingerprint density at radius 3 is 2.59 bits per heavy atom. The summed E-state index contributed by atoms with van der Waals surface area (Å²) in [5.74, 6) is 0.0361. The molecule has 0 aliphatic rings. The molecule has 0 bridgehead atoms. The molecule has 2 N–H and O–H groups in total. The zero-order chi connectivity index (χ0) is 12.7. The van der Waals surface area contributed by atoms with E-state index in [0.29, 0.717) is 6.54 Å². The van der Waals surface area contributed by atoms with Crippen LogP contribution in [0.25, 0.3) is 0 Å². The molecule has 0 saturated heterocycles. The van der Waals surface area contributed by atoms with Crippen LogP contribution in [0.4, 0.5) is 5.69 Å². The minimum Gasteiger partial charge on any atom is -0.373 e. The van der Waals surface area contributed by atoms with Gasteiger partial charge in [-0.3, -0.25) is 4.79 Å². The summed E-state index contributed by atoms with van der Waals surface area (Å²) in [6.07, 6.45) is 0. The Labute approximate surface area is 103 Å². The van der Waals surface area contributed by atoms with E-state index in [1.54, 1.807) is 7.05 Å². The second-order valence-electron chi connectivity index (χ2n) is 4.06. The number of amides is 1. The molecule has 1 aromatic rings. The van der Waals surface area contributed by atoms with Crippen LogP contribution in [0.3, 0.4) is 0 Å². The monoisotopic (exact) mass is 235 g/mol. The standard InChI is InChI=1S/C13H21N3O/c1-11(14-2)13(17)15-9-10-16(3)12-7-5-4-6-8-12/h4-8,11,14H,9-10H2,1-3H3,(H,15,17). The third kappa shape index (κ3) is 4.44. The van der Waals surface area contributed by atoms with Crippen molar-refractivity contribution in [2.45, 2.75) is 13.0 Å². The van der Waals surface area contributed by atoms with Gasteiger partial charge in [-0.2, -0.15) is 0 Å². The van der Waals surface area contributed by atoms with E-state index in [1.165, 1.54) is 0 Å². The molecular weight excluding hydrogens is 214 g/mol. The van der Waals surface area contributed by atoms with Gasteiger partial charge in [-0.05, 0) is 26.1 Å². The molecule has 1 amide bonds. The highest BCUT2D eigenvalue weighted by molar-refractivity contribution is 5.81. The van der Waals surface area contributed by atoms with Crippen molar-refractivity contribution in [1.29, 1.82) is 0 Å². The lowest BCUT2D eigenvalue weighted by atomic mass is 10.3. The molecule has 0 aliphatic heterocycles. The second-order valence-corrected chi connectivity index (χ2v) is 4.06. The molecule has 0 aliphatic carbocycles. The third-order valence-corrected chi connectivity index (χ3v) is 2.77. The number of hydrogen-bond donors (Lipinski definition) is 2. The third-order valence-electron chi connectivity index (χ3n) is 2.77. The van der Waals surface area contributed by atoms with Crippen LogP contribution < -0.4 is 15.5 Å². The van der Waals surface area contributed by atoms with Crippen LogP contribution >= 0.6 is 0 Å². The number of rotatable bonds is 6. The fourth-order valence-electron chi connectivity index (χ4n) is 1.44. The molecule has 17 heavy (non-hydrogen) atoms. The number of nitrogens with zero attached hydrogens (tertiary/aromatic N) is 1. The van der Waals surface area contributed by atoms with Crippen LogP contribution in [0.15, 0.2) is 30.3 Å². The first-order chi connectivity index (χ1) is 8.15. The van der Waals surface area contributed by atoms with E-state index in [9.17, 15) is 4.79 Å². The van der Waals surface area contributed by atoms with E-state index in [4.69, 9.17) is 0 Å². The second kappa shape index (κ2) is 6.91. The van der Waals surface area contributed by atoms with Crippen LogP contribution in [-0.4, -0.2) is 39.1 Å². The van der Waals surface area contributed by atoms with Crippen molar-refractivity contribution in [3.8, 4) is 0 Å². The maximum atomic E-state index is 11.5. The zero-order valence-electron chi connectivity index (χ0n) is 10.7. The first kappa shape index (κ1) is 13.5. The number of hydrogen-bond acceptors (Lipinski definition) is 3. The highest BCUT2D eigenvalue weighted by Crippen LogP contribution is 2.09. The molecule has 0 aromatic heterocycles. The molecular formula is C13H21N3O. The van der Waals surface area contributed by atoms with Crippen LogP contribution in [0, 0.1) is 0 Å². The number of nitrogens with one attached hydrogen (secondary N) is 2. The van der Waals surface area contributed by atoms with Crippen molar-refractivity contribution in [3.63, 3.8) is 0 Å². The maximum absolute atomic E-state index is 11.5. The van der Waals surface area contributed by atoms with Gasteiger partial charge in [0.25, 0.3) is 0 Å². The Bertz CT molecular complexity index is 340. The quantitative estimate of drug-likeness (QED) is 0.768. The van der Waals surface area contributed by atoms with E-state index >= 15 is 0 Å².